The Morgan fingerprint density at radius 1 is 1.64 bits per heavy atom. The molecular formula is C7H13N3O. The summed E-state index contributed by atoms with van der Waals surface area (Å²) in [6.45, 7) is 4.60. The van der Waals surface area contributed by atoms with Crippen LogP contribution < -0.4 is 5.32 Å². The maximum absolute atomic E-state index is 11.1. The molecule has 0 unspecified atom stereocenters. The molecule has 4 heteroatoms. The van der Waals surface area contributed by atoms with E-state index in [1.165, 1.54) is 0 Å². The normalized spacial score (nSPS) is 19.0. The number of amides is 2. The van der Waals surface area contributed by atoms with Crippen molar-refractivity contribution < 1.29 is 4.79 Å². The minimum atomic E-state index is -0.142. The van der Waals surface area contributed by atoms with E-state index >= 15 is 0 Å². The van der Waals surface area contributed by atoms with Gasteiger partial charge in [0, 0.05) is 19.0 Å². The van der Waals surface area contributed by atoms with E-state index in [-0.39, 0.29) is 12.1 Å². The highest BCUT2D eigenvalue weighted by Crippen LogP contribution is 2.04. The molecule has 4 nitrogen and oxygen atoms in total. The Kier molecular flexibility index (Phi) is 2.12. The summed E-state index contributed by atoms with van der Waals surface area (Å²) in [5, 5.41) is 9.67. The van der Waals surface area contributed by atoms with E-state index in [9.17, 15) is 4.79 Å². The molecule has 0 aromatic rings. The van der Waals surface area contributed by atoms with Crippen molar-refractivity contribution in [3.8, 4) is 0 Å². The smallest absolute Gasteiger partial charge is 0.322 e. The van der Waals surface area contributed by atoms with E-state index in [4.69, 9.17) is 5.41 Å². The van der Waals surface area contributed by atoms with Crippen LogP contribution in [0.2, 0.25) is 0 Å². The molecule has 0 spiro atoms. The minimum Gasteiger partial charge on any atom is -0.322 e. The number of carbonyl (C=O) groups excluding carboxylic acids is 1. The van der Waals surface area contributed by atoms with Crippen molar-refractivity contribution in [1.82, 2.24) is 10.2 Å². The average molecular weight is 155 g/mol. The van der Waals surface area contributed by atoms with Crippen LogP contribution in [0.15, 0.2) is 0 Å². The fraction of sp³-hybridized carbons (Fsp3) is 0.714. The molecule has 0 aromatic carbocycles. The molecule has 1 heterocycles. The van der Waals surface area contributed by atoms with E-state index in [1.807, 2.05) is 13.8 Å². The van der Waals surface area contributed by atoms with Gasteiger partial charge in [0.25, 0.3) is 0 Å². The van der Waals surface area contributed by atoms with Crippen molar-refractivity contribution >= 4 is 11.9 Å². The predicted octanol–water partition coefficient (Wildman–Crippen LogP) is 0.787. The molecule has 0 radical (unpaired) electrons. The van der Waals surface area contributed by atoms with E-state index in [0.29, 0.717) is 18.8 Å². The standard InChI is InChI=1S/C7H13N3O/c1-5(2)10-4-3-6(8)9-7(10)11/h5H,3-4H2,1-2H3,(H2,8,9,11). The molecule has 2 amide bonds. The van der Waals surface area contributed by atoms with Gasteiger partial charge in [-0.3, -0.25) is 10.7 Å². The Bertz CT molecular complexity index is 188. The molecule has 0 bridgehead atoms. The molecule has 0 aliphatic carbocycles. The highest BCUT2D eigenvalue weighted by Gasteiger charge is 2.22. The monoisotopic (exact) mass is 155 g/mol. The fourth-order valence-corrected chi connectivity index (χ4v) is 1.09. The molecule has 1 saturated heterocycles. The van der Waals surface area contributed by atoms with Crippen LogP contribution in [0.25, 0.3) is 0 Å². The summed E-state index contributed by atoms with van der Waals surface area (Å²) in [4.78, 5) is 12.8. The predicted molar refractivity (Wildman–Crippen MR) is 42.7 cm³/mol. The quantitative estimate of drug-likeness (QED) is 0.577. The lowest BCUT2D eigenvalue weighted by Crippen LogP contribution is -2.51. The maximum atomic E-state index is 11.1. The number of rotatable bonds is 1. The van der Waals surface area contributed by atoms with Gasteiger partial charge >= 0.3 is 6.03 Å². The van der Waals surface area contributed by atoms with Gasteiger partial charge in [0.15, 0.2) is 0 Å². The van der Waals surface area contributed by atoms with E-state index in [0.717, 1.165) is 0 Å². The van der Waals surface area contributed by atoms with Crippen molar-refractivity contribution in [3.05, 3.63) is 0 Å². The zero-order valence-electron chi connectivity index (χ0n) is 6.85. The fourth-order valence-electron chi connectivity index (χ4n) is 1.09. The van der Waals surface area contributed by atoms with Gasteiger partial charge in [0.1, 0.15) is 5.84 Å². The number of urea groups is 1. The van der Waals surface area contributed by atoms with Gasteiger partial charge < -0.3 is 4.90 Å². The van der Waals surface area contributed by atoms with Crippen LogP contribution in [0.1, 0.15) is 20.3 Å². The third-order valence-corrected chi connectivity index (χ3v) is 1.74. The second-order valence-corrected chi connectivity index (χ2v) is 2.95. The summed E-state index contributed by atoms with van der Waals surface area (Å²) >= 11 is 0. The Labute approximate surface area is 66.1 Å². The van der Waals surface area contributed by atoms with Gasteiger partial charge in [0.05, 0.1) is 0 Å². The van der Waals surface area contributed by atoms with Crippen molar-refractivity contribution in [2.75, 3.05) is 6.54 Å². The Hall–Kier alpha value is -1.06. The molecule has 1 aliphatic rings. The summed E-state index contributed by atoms with van der Waals surface area (Å²) in [6.07, 6.45) is 0.643. The van der Waals surface area contributed by atoms with Crippen LogP contribution in [0.3, 0.4) is 0 Å². The Balaban J connectivity index is 2.57. The first kappa shape index (κ1) is 8.04. The molecule has 0 atom stereocenters. The number of carbonyl (C=O) groups is 1. The van der Waals surface area contributed by atoms with Gasteiger partial charge in [0.2, 0.25) is 0 Å². The molecule has 0 aromatic heterocycles. The second-order valence-electron chi connectivity index (χ2n) is 2.95. The highest BCUT2D eigenvalue weighted by molar-refractivity contribution is 5.98. The van der Waals surface area contributed by atoms with Gasteiger partial charge in [-0.05, 0) is 13.8 Å². The van der Waals surface area contributed by atoms with Crippen LogP contribution in [-0.4, -0.2) is 29.4 Å². The SMILES string of the molecule is CC(C)N1CCC(=N)NC1=O. The Morgan fingerprint density at radius 2 is 2.27 bits per heavy atom. The number of hydrogen-bond donors (Lipinski definition) is 2. The van der Waals surface area contributed by atoms with Crippen molar-refractivity contribution in [2.24, 2.45) is 0 Å². The first-order valence-corrected chi connectivity index (χ1v) is 3.76. The van der Waals surface area contributed by atoms with Gasteiger partial charge in [-0.2, -0.15) is 0 Å². The number of hydrogen-bond acceptors (Lipinski definition) is 2. The third-order valence-electron chi connectivity index (χ3n) is 1.74. The molecular weight excluding hydrogens is 142 g/mol. The molecule has 2 N–H and O–H groups in total. The first-order chi connectivity index (χ1) is 5.11. The summed E-state index contributed by atoms with van der Waals surface area (Å²) in [5.74, 6) is 0.326. The summed E-state index contributed by atoms with van der Waals surface area (Å²) in [5.41, 5.74) is 0. The number of nitrogens with one attached hydrogen (secondary N) is 2. The topological polar surface area (TPSA) is 56.2 Å². The highest BCUT2D eigenvalue weighted by atomic mass is 16.2. The minimum absolute atomic E-state index is 0.142. The summed E-state index contributed by atoms with van der Waals surface area (Å²) in [6, 6.07) is 0.0827. The molecule has 1 fully saturated rings. The van der Waals surface area contributed by atoms with Crippen molar-refractivity contribution in [3.63, 3.8) is 0 Å². The third kappa shape index (κ3) is 1.69. The van der Waals surface area contributed by atoms with Gasteiger partial charge in [-0.25, -0.2) is 4.79 Å². The van der Waals surface area contributed by atoms with E-state index in [2.05, 4.69) is 5.32 Å². The van der Waals surface area contributed by atoms with Crippen molar-refractivity contribution in [1.29, 1.82) is 5.41 Å². The first-order valence-electron chi connectivity index (χ1n) is 3.76. The second kappa shape index (κ2) is 2.90. The van der Waals surface area contributed by atoms with E-state index in [1.54, 1.807) is 4.90 Å². The largest absolute Gasteiger partial charge is 0.322 e. The van der Waals surface area contributed by atoms with Crippen LogP contribution in [-0.2, 0) is 0 Å². The van der Waals surface area contributed by atoms with Crippen molar-refractivity contribution in [2.45, 2.75) is 26.3 Å². The number of nitrogens with zero attached hydrogens (tertiary/aromatic N) is 1. The molecule has 11 heavy (non-hydrogen) atoms. The molecule has 1 aliphatic heterocycles. The average Bonchev–Trinajstić information content (AvgIpc) is 1.85. The lowest BCUT2D eigenvalue weighted by atomic mass is 10.2. The maximum Gasteiger partial charge on any atom is 0.322 e. The lowest BCUT2D eigenvalue weighted by molar-refractivity contribution is 0.184. The lowest BCUT2D eigenvalue weighted by Gasteiger charge is -2.30. The molecule has 62 valence electrons. The van der Waals surface area contributed by atoms with Gasteiger partial charge in [-0.1, -0.05) is 0 Å². The van der Waals surface area contributed by atoms with Crippen LogP contribution >= 0.6 is 0 Å². The van der Waals surface area contributed by atoms with E-state index < -0.39 is 0 Å². The van der Waals surface area contributed by atoms with Crippen LogP contribution in [0, 0.1) is 5.41 Å². The van der Waals surface area contributed by atoms with Crippen LogP contribution in [0.4, 0.5) is 4.79 Å². The molecule has 0 saturated carbocycles. The van der Waals surface area contributed by atoms with Crippen LogP contribution in [0.5, 0.6) is 0 Å². The zero-order chi connectivity index (χ0) is 8.43. The molecule has 1 rings (SSSR count). The number of amidine groups is 1. The summed E-state index contributed by atoms with van der Waals surface area (Å²) in [7, 11) is 0. The van der Waals surface area contributed by atoms with Gasteiger partial charge in [-0.15, -0.1) is 0 Å². The summed E-state index contributed by atoms with van der Waals surface area (Å²) < 4.78 is 0. The Morgan fingerprint density at radius 3 is 2.73 bits per heavy atom. The zero-order valence-corrected chi connectivity index (χ0v) is 6.85.